The second kappa shape index (κ2) is 10.4. The Labute approximate surface area is 181 Å². The molecule has 1 aromatic carbocycles. The number of aromatic nitrogens is 3. The molecule has 0 bridgehead atoms. The van der Waals surface area contributed by atoms with Crippen LogP contribution in [0.15, 0.2) is 54.0 Å². The summed E-state index contributed by atoms with van der Waals surface area (Å²) >= 11 is 1.85. The van der Waals surface area contributed by atoms with Crippen molar-refractivity contribution < 1.29 is 0 Å². The number of benzene rings is 1. The minimum absolute atomic E-state index is 0. The average molecular weight is 496 g/mol. The Hall–Kier alpha value is -1.94. The lowest BCUT2D eigenvalue weighted by Gasteiger charge is -2.17. The van der Waals surface area contributed by atoms with E-state index in [1.165, 1.54) is 21.6 Å². The summed E-state index contributed by atoms with van der Waals surface area (Å²) in [5.41, 5.74) is 2.17. The fourth-order valence-electron chi connectivity index (χ4n) is 2.67. The van der Waals surface area contributed by atoms with Gasteiger partial charge in [-0.2, -0.15) is 5.10 Å². The maximum absolute atomic E-state index is 4.32. The second-order valence-electron chi connectivity index (χ2n) is 6.19. The van der Waals surface area contributed by atoms with Crippen LogP contribution in [-0.2, 0) is 13.0 Å². The first-order valence-corrected chi connectivity index (χ1v) is 9.42. The number of aliphatic imine (C=N–C) groups is 1. The molecule has 3 rings (SSSR count). The van der Waals surface area contributed by atoms with Crippen molar-refractivity contribution in [3.05, 3.63) is 64.4 Å². The van der Waals surface area contributed by atoms with E-state index in [1.54, 1.807) is 18.1 Å². The van der Waals surface area contributed by atoms with E-state index in [1.807, 2.05) is 23.5 Å². The molecule has 2 heterocycles. The summed E-state index contributed by atoms with van der Waals surface area (Å²) in [5.74, 6) is 0.811. The Morgan fingerprint density at radius 1 is 1.22 bits per heavy atom. The van der Waals surface area contributed by atoms with Crippen LogP contribution in [0.5, 0.6) is 0 Å². The van der Waals surface area contributed by atoms with Crippen LogP contribution in [0.1, 0.15) is 22.2 Å². The highest BCUT2D eigenvalue weighted by atomic mass is 127. The van der Waals surface area contributed by atoms with E-state index in [0.717, 1.165) is 18.1 Å². The first kappa shape index (κ1) is 21.4. The van der Waals surface area contributed by atoms with Crippen molar-refractivity contribution in [1.82, 2.24) is 25.4 Å². The first-order chi connectivity index (χ1) is 12.6. The minimum atomic E-state index is 0. The van der Waals surface area contributed by atoms with Gasteiger partial charge in [-0.15, -0.1) is 35.3 Å². The Morgan fingerprint density at radius 2 is 2.00 bits per heavy atom. The summed E-state index contributed by atoms with van der Waals surface area (Å²) in [6, 6.07) is 12.9. The van der Waals surface area contributed by atoms with E-state index in [4.69, 9.17) is 0 Å². The summed E-state index contributed by atoms with van der Waals surface area (Å²) < 4.78 is 1.74. The summed E-state index contributed by atoms with van der Waals surface area (Å²) in [7, 11) is 1.80. The highest BCUT2D eigenvalue weighted by Crippen LogP contribution is 2.16. The smallest absolute Gasteiger partial charge is 0.191 e. The third kappa shape index (κ3) is 6.31. The van der Waals surface area contributed by atoms with Crippen molar-refractivity contribution in [2.45, 2.75) is 32.9 Å². The zero-order chi connectivity index (χ0) is 18.4. The van der Waals surface area contributed by atoms with E-state index in [2.05, 4.69) is 63.8 Å². The number of hydrogen-bond donors (Lipinski definition) is 2. The lowest BCUT2D eigenvalue weighted by atomic mass is 10.2. The number of halogens is 1. The van der Waals surface area contributed by atoms with Gasteiger partial charge in [0.15, 0.2) is 5.96 Å². The number of guanidine groups is 1. The fourth-order valence-corrected chi connectivity index (χ4v) is 3.69. The van der Waals surface area contributed by atoms with Crippen LogP contribution >= 0.6 is 35.3 Å². The van der Waals surface area contributed by atoms with Crippen LogP contribution in [0, 0.1) is 6.92 Å². The third-order valence-corrected chi connectivity index (χ3v) is 5.01. The topological polar surface area (TPSA) is 67.1 Å². The van der Waals surface area contributed by atoms with Crippen molar-refractivity contribution in [1.29, 1.82) is 0 Å². The minimum Gasteiger partial charge on any atom is -0.354 e. The monoisotopic (exact) mass is 496 g/mol. The highest BCUT2D eigenvalue weighted by molar-refractivity contribution is 14.0. The molecule has 0 aliphatic carbocycles. The lowest BCUT2D eigenvalue weighted by molar-refractivity contribution is 0.645. The van der Waals surface area contributed by atoms with Gasteiger partial charge in [-0.25, -0.2) is 9.67 Å². The molecule has 0 saturated carbocycles. The van der Waals surface area contributed by atoms with Gasteiger partial charge in [0.05, 0.1) is 5.69 Å². The zero-order valence-corrected chi connectivity index (χ0v) is 18.9. The molecule has 0 radical (unpaired) electrons. The maximum atomic E-state index is 4.32. The average Bonchev–Trinajstić information content (AvgIpc) is 3.31. The van der Waals surface area contributed by atoms with E-state index < -0.39 is 0 Å². The number of rotatable bonds is 6. The SMILES string of the molecule is CN=C(NCc1ccc(-n2cncn2)cc1)NC(C)Cc1ccc(C)s1.I. The molecule has 2 N–H and O–H groups in total. The molecular formula is C19H25IN6S. The van der Waals surface area contributed by atoms with Gasteiger partial charge < -0.3 is 10.6 Å². The van der Waals surface area contributed by atoms with E-state index in [-0.39, 0.29) is 24.0 Å². The van der Waals surface area contributed by atoms with Crippen LogP contribution in [0.4, 0.5) is 0 Å². The van der Waals surface area contributed by atoms with Gasteiger partial charge in [-0.3, -0.25) is 4.99 Å². The quantitative estimate of drug-likeness (QED) is 0.311. The molecular weight excluding hydrogens is 471 g/mol. The fraction of sp³-hybridized carbons (Fsp3) is 0.316. The van der Waals surface area contributed by atoms with Gasteiger partial charge in [-0.05, 0) is 43.7 Å². The maximum Gasteiger partial charge on any atom is 0.191 e. The van der Waals surface area contributed by atoms with Gasteiger partial charge in [0, 0.05) is 35.8 Å². The molecule has 1 atom stereocenters. The number of nitrogens with one attached hydrogen (secondary N) is 2. The van der Waals surface area contributed by atoms with E-state index in [9.17, 15) is 0 Å². The van der Waals surface area contributed by atoms with Crippen LogP contribution < -0.4 is 10.6 Å². The summed E-state index contributed by atoms with van der Waals surface area (Å²) in [4.78, 5) is 11.0. The molecule has 1 unspecified atom stereocenters. The predicted octanol–water partition coefficient (Wildman–Crippen LogP) is 3.55. The largest absolute Gasteiger partial charge is 0.354 e. The Bertz CT molecular complexity index is 841. The molecule has 0 saturated heterocycles. The van der Waals surface area contributed by atoms with Crippen molar-refractivity contribution in [3.63, 3.8) is 0 Å². The molecule has 0 aliphatic rings. The lowest BCUT2D eigenvalue weighted by Crippen LogP contribution is -2.42. The normalized spacial score (nSPS) is 12.3. The van der Waals surface area contributed by atoms with Crippen molar-refractivity contribution in [2.24, 2.45) is 4.99 Å². The number of aryl methyl sites for hydroxylation is 1. The molecule has 27 heavy (non-hydrogen) atoms. The molecule has 0 amide bonds. The van der Waals surface area contributed by atoms with Gasteiger partial charge >= 0.3 is 0 Å². The molecule has 8 heteroatoms. The van der Waals surface area contributed by atoms with Crippen molar-refractivity contribution in [2.75, 3.05) is 7.05 Å². The molecule has 0 aliphatic heterocycles. The Morgan fingerprint density at radius 3 is 2.59 bits per heavy atom. The molecule has 144 valence electrons. The van der Waals surface area contributed by atoms with Crippen LogP contribution in [0.25, 0.3) is 5.69 Å². The van der Waals surface area contributed by atoms with Gasteiger partial charge in [0.25, 0.3) is 0 Å². The molecule has 6 nitrogen and oxygen atoms in total. The van der Waals surface area contributed by atoms with Gasteiger partial charge in [0.2, 0.25) is 0 Å². The van der Waals surface area contributed by atoms with Crippen molar-refractivity contribution in [3.8, 4) is 5.69 Å². The molecule has 3 aromatic rings. The van der Waals surface area contributed by atoms with E-state index in [0.29, 0.717) is 12.6 Å². The van der Waals surface area contributed by atoms with Crippen LogP contribution in [0.2, 0.25) is 0 Å². The standard InChI is InChI=1S/C19H24N6S.HI/c1-14(10-18-9-4-15(2)26-18)24-19(20-3)22-11-16-5-7-17(8-6-16)25-13-21-12-23-25;/h4-9,12-14H,10-11H2,1-3H3,(H2,20,22,24);1H. The Balaban J connectivity index is 0.00000261. The molecule has 0 spiro atoms. The number of nitrogens with zero attached hydrogens (tertiary/aromatic N) is 4. The van der Waals surface area contributed by atoms with Crippen LogP contribution in [-0.4, -0.2) is 33.8 Å². The van der Waals surface area contributed by atoms with Gasteiger partial charge in [0.1, 0.15) is 12.7 Å². The predicted molar refractivity (Wildman–Crippen MR) is 122 cm³/mol. The molecule has 0 fully saturated rings. The zero-order valence-electron chi connectivity index (χ0n) is 15.7. The van der Waals surface area contributed by atoms with Crippen molar-refractivity contribution >= 4 is 41.3 Å². The van der Waals surface area contributed by atoms with Crippen LogP contribution in [0.3, 0.4) is 0 Å². The summed E-state index contributed by atoms with van der Waals surface area (Å²) in [6.07, 6.45) is 4.21. The second-order valence-corrected chi connectivity index (χ2v) is 7.57. The number of thiophene rings is 1. The first-order valence-electron chi connectivity index (χ1n) is 8.60. The Kier molecular flexibility index (Phi) is 8.23. The van der Waals surface area contributed by atoms with E-state index >= 15 is 0 Å². The summed E-state index contributed by atoms with van der Waals surface area (Å²) in [5, 5.41) is 11.0. The third-order valence-electron chi connectivity index (χ3n) is 3.99. The van der Waals surface area contributed by atoms with Gasteiger partial charge in [-0.1, -0.05) is 12.1 Å². The summed E-state index contributed by atoms with van der Waals surface area (Å²) in [6.45, 7) is 5.03. The highest BCUT2D eigenvalue weighted by Gasteiger charge is 2.08. The molecule has 2 aromatic heterocycles. The number of hydrogen-bond acceptors (Lipinski definition) is 4.